The fourth-order valence-corrected chi connectivity index (χ4v) is 2.76. The van der Waals surface area contributed by atoms with Crippen LogP contribution < -0.4 is 11.4 Å². The summed E-state index contributed by atoms with van der Waals surface area (Å²) in [6.07, 6.45) is -1.85. The monoisotopic (exact) mass is 318 g/mol. The van der Waals surface area contributed by atoms with E-state index in [0.717, 1.165) is 10.1 Å². The molecule has 0 spiro atoms. The number of rotatable bonds is 3. The van der Waals surface area contributed by atoms with Crippen LogP contribution in [0.15, 0.2) is 41.3 Å². The molecule has 1 fully saturated rings. The van der Waals surface area contributed by atoms with Gasteiger partial charge in [-0.25, -0.2) is 9.18 Å². The van der Waals surface area contributed by atoms with Gasteiger partial charge in [-0.05, 0) is 24.6 Å². The summed E-state index contributed by atoms with van der Waals surface area (Å²) in [6.45, 7) is 1.21. The summed E-state index contributed by atoms with van der Waals surface area (Å²) in [5, 5.41) is 10.3. The normalized spacial score (nSPS) is 30.5. The molecular weight excluding hydrogens is 301 g/mol. The molecule has 0 saturated carbocycles. The molecule has 121 valence electrons. The molecule has 0 amide bonds. The number of benzene rings is 1. The van der Waals surface area contributed by atoms with Crippen LogP contribution in [0.1, 0.15) is 18.7 Å². The zero-order chi connectivity index (χ0) is 16.6. The van der Waals surface area contributed by atoms with Crippen molar-refractivity contribution in [3.8, 4) is 0 Å². The van der Waals surface area contributed by atoms with Gasteiger partial charge < -0.3 is 15.6 Å². The first-order valence-electron chi connectivity index (χ1n) is 7.22. The smallest absolute Gasteiger partial charge is 0.351 e. The molecule has 4 atom stereocenters. The molecule has 3 rings (SSSR count). The number of alkyl halides is 1. The van der Waals surface area contributed by atoms with E-state index in [4.69, 9.17) is 10.5 Å². The van der Waals surface area contributed by atoms with Crippen LogP contribution >= 0.6 is 0 Å². The molecule has 6 nitrogen and oxygen atoms in total. The van der Waals surface area contributed by atoms with E-state index in [1.165, 1.54) is 19.2 Å². The van der Waals surface area contributed by atoms with E-state index >= 15 is 0 Å². The number of anilines is 1. The fourth-order valence-electron chi connectivity index (χ4n) is 2.76. The number of hydrogen-bond acceptors (Lipinski definition) is 5. The summed E-state index contributed by atoms with van der Waals surface area (Å²) in [5.74, 6) is 0.0424. The number of hydrogen-bond donors (Lipinski definition) is 2. The highest BCUT2D eigenvalue weighted by molar-refractivity contribution is 5.24. The Labute approximate surface area is 132 Å². The van der Waals surface area contributed by atoms with Crippen LogP contribution in [0.2, 0.25) is 0 Å². The molecule has 1 saturated heterocycles. The molecule has 2 heterocycles. The highest BCUT2D eigenvalue weighted by atomic mass is 19.1. The second-order valence-electron chi connectivity index (χ2n) is 5.76. The Hall–Kier alpha value is -2.25. The van der Waals surface area contributed by atoms with E-state index in [1.807, 2.05) is 18.2 Å². The van der Waals surface area contributed by atoms with Crippen LogP contribution in [-0.2, 0) is 11.2 Å². The SMILES string of the molecule is C[C@@]1(F)[C@H](O)[C@@H](Cc2[c]cccc2)O[C@H]1n1ccc(N)nc1=O. The maximum Gasteiger partial charge on any atom is 0.351 e. The van der Waals surface area contributed by atoms with Gasteiger partial charge in [0.2, 0.25) is 0 Å². The fraction of sp³-hybridized carbons (Fsp3) is 0.375. The molecule has 1 aromatic heterocycles. The molecule has 7 heteroatoms. The van der Waals surface area contributed by atoms with Crippen LogP contribution in [0, 0.1) is 6.07 Å². The Morgan fingerprint density at radius 1 is 1.52 bits per heavy atom. The first kappa shape index (κ1) is 15.6. The van der Waals surface area contributed by atoms with E-state index in [2.05, 4.69) is 11.1 Å². The minimum atomic E-state index is -2.14. The lowest BCUT2D eigenvalue weighted by Gasteiger charge is -2.24. The van der Waals surface area contributed by atoms with Gasteiger partial charge in [0, 0.05) is 12.6 Å². The van der Waals surface area contributed by atoms with Gasteiger partial charge in [-0.2, -0.15) is 4.98 Å². The number of halogens is 1. The number of ether oxygens (including phenoxy) is 1. The summed E-state index contributed by atoms with van der Waals surface area (Å²) in [7, 11) is 0. The standard InChI is InChI=1S/C16H17FN3O3/c1-16(17)13(21)11(9-10-5-3-2-4-6-10)23-14(16)20-8-7-12(18)19-15(20)22/h2-5,7-8,11,13-14,21H,9H2,1H3,(H2,18,19,22)/t11-,13-,14-,16-/m1/s1. The first-order valence-corrected chi connectivity index (χ1v) is 7.22. The second kappa shape index (κ2) is 5.75. The highest BCUT2D eigenvalue weighted by Gasteiger charge is 2.55. The highest BCUT2D eigenvalue weighted by Crippen LogP contribution is 2.41. The minimum absolute atomic E-state index is 0.0424. The van der Waals surface area contributed by atoms with Crippen molar-refractivity contribution in [2.75, 3.05) is 5.73 Å². The van der Waals surface area contributed by atoms with Gasteiger partial charge in [0.25, 0.3) is 0 Å². The number of aliphatic hydroxyl groups is 1. The van der Waals surface area contributed by atoms with Gasteiger partial charge >= 0.3 is 5.69 Å². The predicted octanol–water partition coefficient (Wildman–Crippen LogP) is 0.855. The topological polar surface area (TPSA) is 90.4 Å². The van der Waals surface area contributed by atoms with Crippen molar-refractivity contribution >= 4 is 5.82 Å². The van der Waals surface area contributed by atoms with Gasteiger partial charge in [0.1, 0.15) is 11.9 Å². The van der Waals surface area contributed by atoms with Gasteiger partial charge in [-0.1, -0.05) is 24.3 Å². The third-order valence-electron chi connectivity index (χ3n) is 4.02. The average Bonchev–Trinajstić information content (AvgIpc) is 2.72. The minimum Gasteiger partial charge on any atom is -0.387 e. The quantitative estimate of drug-likeness (QED) is 0.876. The number of nitrogens with zero attached hydrogens (tertiary/aromatic N) is 2. The molecule has 0 unspecified atom stereocenters. The Balaban J connectivity index is 1.89. The van der Waals surface area contributed by atoms with E-state index < -0.39 is 29.8 Å². The average molecular weight is 318 g/mol. The summed E-state index contributed by atoms with van der Waals surface area (Å²) >= 11 is 0. The number of nitrogens with two attached hydrogens (primary N) is 1. The number of nitrogen functional groups attached to an aromatic ring is 1. The van der Waals surface area contributed by atoms with Gasteiger partial charge in [0.05, 0.1) is 6.10 Å². The molecule has 23 heavy (non-hydrogen) atoms. The van der Waals surface area contributed by atoms with Crippen molar-refractivity contribution in [2.24, 2.45) is 0 Å². The summed E-state index contributed by atoms with van der Waals surface area (Å²) < 4.78 is 21.6. The molecule has 0 bridgehead atoms. The van der Waals surface area contributed by atoms with Gasteiger partial charge in [0.15, 0.2) is 11.9 Å². The van der Waals surface area contributed by atoms with Crippen molar-refractivity contribution < 1.29 is 14.2 Å². The van der Waals surface area contributed by atoms with Crippen molar-refractivity contribution in [3.05, 3.63) is 58.6 Å². The lowest BCUT2D eigenvalue weighted by Crippen LogP contribution is -2.42. The van der Waals surface area contributed by atoms with Crippen LogP contribution in [0.5, 0.6) is 0 Å². The summed E-state index contributed by atoms with van der Waals surface area (Å²) in [4.78, 5) is 15.5. The van der Waals surface area contributed by atoms with Crippen LogP contribution in [-0.4, -0.2) is 32.5 Å². The van der Waals surface area contributed by atoms with Gasteiger partial charge in [-0.15, -0.1) is 0 Å². The van der Waals surface area contributed by atoms with E-state index in [0.29, 0.717) is 0 Å². The van der Waals surface area contributed by atoms with E-state index in [1.54, 1.807) is 6.07 Å². The Morgan fingerprint density at radius 2 is 2.30 bits per heavy atom. The molecule has 2 aromatic rings. The van der Waals surface area contributed by atoms with Crippen LogP contribution in [0.4, 0.5) is 10.2 Å². The lowest BCUT2D eigenvalue weighted by molar-refractivity contribution is -0.0502. The van der Waals surface area contributed by atoms with Crippen LogP contribution in [0.3, 0.4) is 0 Å². The summed E-state index contributed by atoms with van der Waals surface area (Å²) in [6, 6.07) is 11.6. The Morgan fingerprint density at radius 3 is 2.96 bits per heavy atom. The molecule has 1 aromatic carbocycles. The molecule has 1 radical (unpaired) electrons. The summed E-state index contributed by atoms with van der Waals surface area (Å²) in [5.41, 5.74) is 3.36. The van der Waals surface area contributed by atoms with E-state index in [9.17, 15) is 14.3 Å². The number of aromatic nitrogens is 2. The predicted molar refractivity (Wildman–Crippen MR) is 81.3 cm³/mol. The third kappa shape index (κ3) is 2.85. The Bertz CT molecular complexity index is 748. The zero-order valence-electron chi connectivity index (χ0n) is 12.5. The van der Waals surface area contributed by atoms with Crippen molar-refractivity contribution in [1.29, 1.82) is 0 Å². The third-order valence-corrected chi connectivity index (χ3v) is 4.02. The molecule has 1 aliphatic heterocycles. The van der Waals surface area contributed by atoms with E-state index in [-0.39, 0.29) is 12.2 Å². The lowest BCUT2D eigenvalue weighted by atomic mass is 9.95. The van der Waals surface area contributed by atoms with Gasteiger partial charge in [-0.3, -0.25) is 4.57 Å². The molecule has 3 N–H and O–H groups in total. The van der Waals surface area contributed by atoms with Crippen molar-refractivity contribution in [1.82, 2.24) is 9.55 Å². The van der Waals surface area contributed by atoms with Crippen molar-refractivity contribution in [3.63, 3.8) is 0 Å². The maximum absolute atomic E-state index is 15.0. The second-order valence-corrected chi connectivity index (χ2v) is 5.76. The van der Waals surface area contributed by atoms with Crippen LogP contribution in [0.25, 0.3) is 0 Å². The molecular formula is C16H17FN3O3. The number of aliphatic hydroxyl groups excluding tert-OH is 1. The largest absolute Gasteiger partial charge is 0.387 e. The zero-order valence-corrected chi connectivity index (χ0v) is 12.5. The first-order chi connectivity index (χ1) is 10.9. The molecule has 1 aliphatic rings. The Kier molecular flexibility index (Phi) is 3.91. The maximum atomic E-state index is 15.0. The molecule has 0 aliphatic carbocycles. The van der Waals surface area contributed by atoms with Crippen molar-refractivity contribution in [2.45, 2.75) is 37.4 Å².